The van der Waals surface area contributed by atoms with E-state index in [-0.39, 0.29) is 0 Å². The third kappa shape index (κ3) is 4.49. The molecule has 19 heavy (non-hydrogen) atoms. The second-order valence-corrected chi connectivity index (χ2v) is 5.02. The number of hydrogen-bond donors (Lipinski definition) is 1. The van der Waals surface area contributed by atoms with Gasteiger partial charge in [-0.25, -0.2) is 0 Å². The zero-order chi connectivity index (χ0) is 13.5. The van der Waals surface area contributed by atoms with Crippen LogP contribution < -0.4 is 10.1 Å². The van der Waals surface area contributed by atoms with Crippen molar-refractivity contribution >= 4 is 0 Å². The maximum absolute atomic E-state index is 5.81. The average molecular weight is 264 g/mol. The fourth-order valence-electron chi connectivity index (χ4n) is 2.31. The molecule has 1 fully saturated rings. The van der Waals surface area contributed by atoms with E-state index in [4.69, 9.17) is 9.47 Å². The zero-order valence-electron chi connectivity index (χ0n) is 11.9. The molecule has 4 heteroatoms. The largest absolute Gasteiger partial charge is 0.492 e. The Hall–Kier alpha value is -1.10. The fourth-order valence-corrected chi connectivity index (χ4v) is 2.31. The van der Waals surface area contributed by atoms with Gasteiger partial charge < -0.3 is 14.8 Å². The van der Waals surface area contributed by atoms with Crippen LogP contribution in [0.25, 0.3) is 0 Å². The number of nitrogens with one attached hydrogen (secondary N) is 1. The van der Waals surface area contributed by atoms with Crippen LogP contribution in [0.3, 0.4) is 0 Å². The van der Waals surface area contributed by atoms with Gasteiger partial charge in [0.2, 0.25) is 0 Å². The standard InChI is InChI=1S/C15H24N2O2/c1-16-11-13-4-3-5-15(10-13)19-9-7-17(2)14-6-8-18-12-14/h3-5,10,14,16H,6-9,11-12H2,1-2H3. The number of likely N-dealkylation sites (N-methyl/N-ethyl adjacent to an activating group) is 1. The fraction of sp³-hybridized carbons (Fsp3) is 0.600. The van der Waals surface area contributed by atoms with Crippen LogP contribution in [0.2, 0.25) is 0 Å². The molecule has 0 aliphatic carbocycles. The molecule has 1 atom stereocenters. The topological polar surface area (TPSA) is 33.7 Å². The summed E-state index contributed by atoms with van der Waals surface area (Å²) in [5.74, 6) is 0.948. The highest BCUT2D eigenvalue weighted by atomic mass is 16.5. The Morgan fingerprint density at radius 1 is 1.47 bits per heavy atom. The van der Waals surface area contributed by atoms with Crippen LogP contribution >= 0.6 is 0 Å². The molecule has 0 spiro atoms. The van der Waals surface area contributed by atoms with Crippen molar-refractivity contribution in [3.63, 3.8) is 0 Å². The summed E-state index contributed by atoms with van der Waals surface area (Å²) < 4.78 is 11.2. The molecular formula is C15H24N2O2. The Balaban J connectivity index is 1.73. The van der Waals surface area contributed by atoms with Crippen LogP contribution in [-0.2, 0) is 11.3 Å². The van der Waals surface area contributed by atoms with Crippen molar-refractivity contribution in [2.24, 2.45) is 0 Å². The van der Waals surface area contributed by atoms with Gasteiger partial charge in [-0.05, 0) is 38.2 Å². The predicted octanol–water partition coefficient (Wildman–Crippen LogP) is 1.51. The van der Waals surface area contributed by atoms with Crippen LogP contribution in [0, 0.1) is 0 Å². The summed E-state index contributed by atoms with van der Waals surface area (Å²) in [5, 5.41) is 3.14. The molecule has 1 saturated heterocycles. The molecule has 0 bridgehead atoms. The zero-order valence-corrected chi connectivity index (χ0v) is 11.9. The van der Waals surface area contributed by atoms with Gasteiger partial charge in [0, 0.05) is 25.7 Å². The maximum Gasteiger partial charge on any atom is 0.119 e. The maximum atomic E-state index is 5.81. The van der Waals surface area contributed by atoms with Crippen LogP contribution in [0.15, 0.2) is 24.3 Å². The van der Waals surface area contributed by atoms with Gasteiger partial charge >= 0.3 is 0 Å². The molecule has 0 saturated carbocycles. The quantitative estimate of drug-likeness (QED) is 0.809. The van der Waals surface area contributed by atoms with Crippen molar-refractivity contribution in [1.82, 2.24) is 10.2 Å². The van der Waals surface area contributed by atoms with Crippen molar-refractivity contribution in [2.75, 3.05) is 40.5 Å². The van der Waals surface area contributed by atoms with E-state index in [0.717, 1.165) is 45.1 Å². The lowest BCUT2D eigenvalue weighted by Gasteiger charge is -2.22. The van der Waals surface area contributed by atoms with Gasteiger partial charge in [-0.3, -0.25) is 4.90 Å². The minimum Gasteiger partial charge on any atom is -0.492 e. The van der Waals surface area contributed by atoms with Gasteiger partial charge in [-0.1, -0.05) is 12.1 Å². The lowest BCUT2D eigenvalue weighted by Crippen LogP contribution is -2.35. The first-order valence-electron chi connectivity index (χ1n) is 6.94. The number of ether oxygens (including phenoxy) is 2. The Morgan fingerprint density at radius 2 is 2.37 bits per heavy atom. The van der Waals surface area contributed by atoms with E-state index >= 15 is 0 Å². The Labute approximate surface area is 115 Å². The summed E-state index contributed by atoms with van der Waals surface area (Å²) in [7, 11) is 4.09. The molecule has 2 rings (SSSR count). The third-order valence-corrected chi connectivity index (χ3v) is 3.52. The van der Waals surface area contributed by atoms with Gasteiger partial charge in [0.25, 0.3) is 0 Å². The molecule has 0 amide bonds. The molecular weight excluding hydrogens is 240 g/mol. The number of hydrogen-bond acceptors (Lipinski definition) is 4. The van der Waals surface area contributed by atoms with Crippen LogP contribution in [-0.4, -0.2) is 51.4 Å². The first-order valence-corrected chi connectivity index (χ1v) is 6.94. The number of benzene rings is 1. The van der Waals surface area contributed by atoms with E-state index in [1.165, 1.54) is 5.56 Å². The Morgan fingerprint density at radius 3 is 3.11 bits per heavy atom. The SMILES string of the molecule is CNCc1cccc(OCCN(C)C2CCOC2)c1. The number of nitrogens with zero attached hydrogens (tertiary/aromatic N) is 1. The van der Waals surface area contributed by atoms with E-state index in [2.05, 4.69) is 29.4 Å². The van der Waals surface area contributed by atoms with E-state index in [1.807, 2.05) is 19.2 Å². The normalized spacial score (nSPS) is 19.0. The molecule has 1 aliphatic heterocycles. The predicted molar refractivity (Wildman–Crippen MR) is 76.6 cm³/mol. The van der Waals surface area contributed by atoms with Crippen molar-refractivity contribution in [1.29, 1.82) is 0 Å². The first-order chi connectivity index (χ1) is 9.29. The van der Waals surface area contributed by atoms with Gasteiger partial charge in [-0.15, -0.1) is 0 Å². The second-order valence-electron chi connectivity index (χ2n) is 5.02. The minimum absolute atomic E-state index is 0.555. The smallest absolute Gasteiger partial charge is 0.119 e. The highest BCUT2D eigenvalue weighted by Crippen LogP contribution is 2.14. The van der Waals surface area contributed by atoms with Gasteiger partial charge in [0.05, 0.1) is 6.61 Å². The molecule has 1 aromatic rings. The lowest BCUT2D eigenvalue weighted by atomic mass is 10.2. The minimum atomic E-state index is 0.555. The lowest BCUT2D eigenvalue weighted by molar-refractivity contribution is 0.147. The molecule has 1 aromatic carbocycles. The van der Waals surface area contributed by atoms with Gasteiger partial charge in [0.15, 0.2) is 0 Å². The van der Waals surface area contributed by atoms with Crippen LogP contribution in [0.4, 0.5) is 0 Å². The summed E-state index contributed by atoms with van der Waals surface area (Å²) in [6.45, 7) is 4.27. The molecule has 106 valence electrons. The van der Waals surface area contributed by atoms with Gasteiger partial charge in [0.1, 0.15) is 12.4 Å². The third-order valence-electron chi connectivity index (χ3n) is 3.52. The van der Waals surface area contributed by atoms with Crippen LogP contribution in [0.1, 0.15) is 12.0 Å². The second kappa shape index (κ2) is 7.48. The Kier molecular flexibility index (Phi) is 5.63. The van der Waals surface area contributed by atoms with Crippen molar-refractivity contribution in [3.05, 3.63) is 29.8 Å². The molecule has 1 unspecified atom stereocenters. The molecule has 4 nitrogen and oxygen atoms in total. The summed E-state index contributed by atoms with van der Waals surface area (Å²) >= 11 is 0. The summed E-state index contributed by atoms with van der Waals surface area (Å²) in [6.07, 6.45) is 1.13. The average Bonchev–Trinajstić information content (AvgIpc) is 2.93. The Bertz CT molecular complexity index is 378. The monoisotopic (exact) mass is 264 g/mol. The summed E-state index contributed by atoms with van der Waals surface area (Å²) in [5.41, 5.74) is 1.25. The number of rotatable bonds is 7. The molecule has 0 aromatic heterocycles. The molecule has 1 N–H and O–H groups in total. The highest BCUT2D eigenvalue weighted by molar-refractivity contribution is 5.28. The van der Waals surface area contributed by atoms with Crippen molar-refractivity contribution in [3.8, 4) is 5.75 Å². The van der Waals surface area contributed by atoms with E-state index < -0.39 is 0 Å². The molecule has 1 heterocycles. The highest BCUT2D eigenvalue weighted by Gasteiger charge is 2.19. The van der Waals surface area contributed by atoms with Gasteiger partial charge in [-0.2, -0.15) is 0 Å². The summed E-state index contributed by atoms with van der Waals surface area (Å²) in [4.78, 5) is 2.32. The molecule has 1 aliphatic rings. The molecule has 0 radical (unpaired) electrons. The first kappa shape index (κ1) is 14.3. The van der Waals surface area contributed by atoms with Crippen molar-refractivity contribution in [2.45, 2.75) is 19.0 Å². The van der Waals surface area contributed by atoms with Crippen LogP contribution in [0.5, 0.6) is 5.75 Å². The van der Waals surface area contributed by atoms with E-state index in [9.17, 15) is 0 Å². The van der Waals surface area contributed by atoms with E-state index in [1.54, 1.807) is 0 Å². The van der Waals surface area contributed by atoms with Crippen molar-refractivity contribution < 1.29 is 9.47 Å². The van der Waals surface area contributed by atoms with E-state index in [0.29, 0.717) is 6.04 Å². The summed E-state index contributed by atoms with van der Waals surface area (Å²) in [6, 6.07) is 8.80.